The van der Waals surface area contributed by atoms with E-state index >= 15 is 0 Å². The molecule has 0 radical (unpaired) electrons. The number of rotatable bonds is 3. The Balaban J connectivity index is 2.24. The normalized spacial score (nSPS) is 12.7. The maximum atomic E-state index is 13.5. The lowest BCUT2D eigenvalue weighted by atomic mass is 10.1. The van der Waals surface area contributed by atoms with E-state index in [9.17, 15) is 13.9 Å². The van der Waals surface area contributed by atoms with Crippen LogP contribution in [-0.2, 0) is 6.54 Å². The minimum Gasteiger partial charge on any atom is -0.386 e. The quantitative estimate of drug-likeness (QED) is 0.911. The van der Waals surface area contributed by atoms with Crippen molar-refractivity contribution in [3.05, 3.63) is 52.9 Å². The second-order valence-electron chi connectivity index (χ2n) is 4.29. The standard InChI is InChI=1S/C13H14F2N2O/c1-8-5-9(2)17(16-8)7-13(18)11-6-10(14)3-4-12(11)15/h3-6,13,18H,7H2,1-2H3. The predicted molar refractivity (Wildman–Crippen MR) is 63.0 cm³/mol. The van der Waals surface area contributed by atoms with Gasteiger partial charge in [-0.2, -0.15) is 5.10 Å². The van der Waals surface area contributed by atoms with Crippen LogP contribution < -0.4 is 0 Å². The number of benzene rings is 1. The minimum absolute atomic E-state index is 0.0532. The first-order valence-electron chi connectivity index (χ1n) is 5.61. The van der Waals surface area contributed by atoms with Gasteiger partial charge in [-0.3, -0.25) is 4.68 Å². The largest absolute Gasteiger partial charge is 0.386 e. The number of aliphatic hydroxyl groups is 1. The van der Waals surface area contributed by atoms with Gasteiger partial charge in [0, 0.05) is 11.3 Å². The van der Waals surface area contributed by atoms with E-state index in [4.69, 9.17) is 0 Å². The fraction of sp³-hybridized carbons (Fsp3) is 0.308. The molecule has 0 aliphatic rings. The first-order valence-corrected chi connectivity index (χ1v) is 5.61. The van der Waals surface area contributed by atoms with Crippen molar-refractivity contribution in [3.8, 4) is 0 Å². The summed E-state index contributed by atoms with van der Waals surface area (Å²) in [6.45, 7) is 3.77. The van der Waals surface area contributed by atoms with Crippen molar-refractivity contribution in [1.29, 1.82) is 0 Å². The second-order valence-corrected chi connectivity index (χ2v) is 4.29. The van der Waals surface area contributed by atoms with E-state index in [1.54, 1.807) is 4.68 Å². The molecule has 1 aromatic carbocycles. The SMILES string of the molecule is Cc1cc(C)n(CC(O)c2cc(F)ccc2F)n1. The molecule has 1 atom stereocenters. The Morgan fingerprint density at radius 1 is 1.28 bits per heavy atom. The highest BCUT2D eigenvalue weighted by Gasteiger charge is 2.15. The average molecular weight is 252 g/mol. The number of aromatic nitrogens is 2. The maximum Gasteiger partial charge on any atom is 0.129 e. The Hall–Kier alpha value is -1.75. The van der Waals surface area contributed by atoms with Gasteiger partial charge in [0.2, 0.25) is 0 Å². The molecule has 1 N–H and O–H groups in total. The van der Waals surface area contributed by atoms with E-state index < -0.39 is 17.7 Å². The number of nitrogens with zero attached hydrogens (tertiary/aromatic N) is 2. The highest BCUT2D eigenvalue weighted by atomic mass is 19.1. The summed E-state index contributed by atoms with van der Waals surface area (Å²) >= 11 is 0. The molecular formula is C13H14F2N2O. The molecule has 0 saturated heterocycles. The van der Waals surface area contributed by atoms with E-state index in [1.807, 2.05) is 19.9 Å². The molecule has 0 spiro atoms. The smallest absolute Gasteiger partial charge is 0.129 e. The Morgan fingerprint density at radius 2 is 2.00 bits per heavy atom. The van der Waals surface area contributed by atoms with Gasteiger partial charge in [-0.15, -0.1) is 0 Å². The second kappa shape index (κ2) is 4.86. The summed E-state index contributed by atoms with van der Waals surface area (Å²) in [6, 6.07) is 4.89. The molecule has 0 bridgehead atoms. The van der Waals surface area contributed by atoms with E-state index in [0.29, 0.717) is 0 Å². The molecule has 96 valence electrons. The molecule has 0 amide bonds. The fourth-order valence-corrected chi connectivity index (χ4v) is 1.89. The molecule has 0 fully saturated rings. The van der Waals surface area contributed by atoms with E-state index in [-0.39, 0.29) is 12.1 Å². The Bertz CT molecular complexity index is 566. The molecular weight excluding hydrogens is 238 g/mol. The summed E-state index contributed by atoms with van der Waals surface area (Å²) in [6.07, 6.45) is -1.13. The summed E-state index contributed by atoms with van der Waals surface area (Å²) in [5.74, 6) is -1.19. The maximum absolute atomic E-state index is 13.5. The van der Waals surface area contributed by atoms with Gasteiger partial charge >= 0.3 is 0 Å². The number of hydrogen-bond donors (Lipinski definition) is 1. The average Bonchev–Trinajstić information content (AvgIpc) is 2.61. The molecule has 1 heterocycles. The van der Waals surface area contributed by atoms with Gasteiger partial charge in [0.25, 0.3) is 0 Å². The van der Waals surface area contributed by atoms with Crippen LogP contribution in [0.15, 0.2) is 24.3 Å². The number of aryl methyl sites for hydroxylation is 2. The third kappa shape index (κ3) is 2.56. The third-order valence-electron chi connectivity index (χ3n) is 2.77. The van der Waals surface area contributed by atoms with Crippen molar-refractivity contribution in [3.63, 3.8) is 0 Å². The molecule has 5 heteroatoms. The summed E-state index contributed by atoms with van der Waals surface area (Å²) in [5.41, 5.74) is 1.63. The van der Waals surface area contributed by atoms with E-state index in [0.717, 1.165) is 29.6 Å². The van der Waals surface area contributed by atoms with Crippen LogP contribution in [-0.4, -0.2) is 14.9 Å². The van der Waals surface area contributed by atoms with Crippen LogP contribution in [0.25, 0.3) is 0 Å². The summed E-state index contributed by atoms with van der Waals surface area (Å²) in [4.78, 5) is 0. The zero-order valence-electron chi connectivity index (χ0n) is 10.2. The first kappa shape index (κ1) is 12.7. The van der Waals surface area contributed by atoms with Gasteiger partial charge < -0.3 is 5.11 Å². The van der Waals surface area contributed by atoms with Crippen LogP contribution >= 0.6 is 0 Å². The van der Waals surface area contributed by atoms with Crippen molar-refractivity contribution in [2.24, 2.45) is 0 Å². The molecule has 1 aromatic heterocycles. The monoisotopic (exact) mass is 252 g/mol. The van der Waals surface area contributed by atoms with Crippen LogP contribution in [0.1, 0.15) is 23.1 Å². The van der Waals surface area contributed by atoms with Crippen LogP contribution in [0.2, 0.25) is 0 Å². The molecule has 0 aliphatic carbocycles. The van der Waals surface area contributed by atoms with Gasteiger partial charge in [0.1, 0.15) is 17.7 Å². The Kier molecular flexibility index (Phi) is 3.43. The van der Waals surface area contributed by atoms with Crippen LogP contribution in [0.4, 0.5) is 8.78 Å². The highest BCUT2D eigenvalue weighted by Crippen LogP contribution is 2.20. The van der Waals surface area contributed by atoms with Gasteiger partial charge in [-0.25, -0.2) is 8.78 Å². The predicted octanol–water partition coefficient (Wildman–Crippen LogP) is 2.51. The third-order valence-corrected chi connectivity index (χ3v) is 2.77. The van der Waals surface area contributed by atoms with Crippen molar-refractivity contribution in [2.45, 2.75) is 26.5 Å². The molecule has 3 nitrogen and oxygen atoms in total. The summed E-state index contributed by atoms with van der Waals surface area (Å²) in [5, 5.41) is 14.1. The number of hydrogen-bond acceptors (Lipinski definition) is 2. The topological polar surface area (TPSA) is 38.0 Å². The molecule has 0 aliphatic heterocycles. The Labute approximate surface area is 104 Å². The van der Waals surface area contributed by atoms with Crippen molar-refractivity contribution >= 4 is 0 Å². The first-order chi connectivity index (χ1) is 8.47. The lowest BCUT2D eigenvalue weighted by molar-refractivity contribution is 0.145. The van der Waals surface area contributed by atoms with Crippen LogP contribution in [0.5, 0.6) is 0 Å². The molecule has 0 saturated carbocycles. The van der Waals surface area contributed by atoms with Gasteiger partial charge in [0.15, 0.2) is 0 Å². The molecule has 2 aromatic rings. The zero-order chi connectivity index (χ0) is 13.3. The zero-order valence-corrected chi connectivity index (χ0v) is 10.2. The van der Waals surface area contributed by atoms with Crippen molar-refractivity contribution in [1.82, 2.24) is 9.78 Å². The van der Waals surface area contributed by atoms with E-state index in [2.05, 4.69) is 5.10 Å². The van der Waals surface area contributed by atoms with Gasteiger partial charge in [-0.05, 0) is 38.1 Å². The lowest BCUT2D eigenvalue weighted by Crippen LogP contribution is -2.13. The summed E-state index contributed by atoms with van der Waals surface area (Å²) < 4.78 is 28.1. The highest BCUT2D eigenvalue weighted by molar-refractivity contribution is 5.21. The van der Waals surface area contributed by atoms with Crippen molar-refractivity contribution in [2.75, 3.05) is 0 Å². The van der Waals surface area contributed by atoms with Gasteiger partial charge in [0.05, 0.1) is 12.2 Å². The number of aliphatic hydroxyl groups excluding tert-OH is 1. The van der Waals surface area contributed by atoms with Crippen molar-refractivity contribution < 1.29 is 13.9 Å². The minimum atomic E-state index is -1.13. The fourth-order valence-electron chi connectivity index (χ4n) is 1.89. The molecule has 2 rings (SSSR count). The lowest BCUT2D eigenvalue weighted by Gasteiger charge is -2.13. The molecule has 18 heavy (non-hydrogen) atoms. The van der Waals surface area contributed by atoms with Crippen LogP contribution in [0, 0.1) is 25.5 Å². The summed E-state index contributed by atoms with van der Waals surface area (Å²) in [7, 11) is 0. The Morgan fingerprint density at radius 3 is 2.61 bits per heavy atom. The van der Waals surface area contributed by atoms with E-state index in [1.165, 1.54) is 0 Å². The number of halogens is 2. The van der Waals surface area contributed by atoms with Crippen LogP contribution in [0.3, 0.4) is 0 Å². The van der Waals surface area contributed by atoms with Gasteiger partial charge in [-0.1, -0.05) is 0 Å². The molecule has 1 unspecified atom stereocenters.